The maximum atomic E-state index is 14.3. The monoisotopic (exact) mass is 569 g/mol. The summed E-state index contributed by atoms with van der Waals surface area (Å²) in [5, 5.41) is 19.1. The van der Waals surface area contributed by atoms with Gasteiger partial charge >= 0.3 is 0 Å². The number of phenolic OH excluding ortho intramolecular Hbond substituents is 1. The van der Waals surface area contributed by atoms with Gasteiger partial charge < -0.3 is 20.1 Å². The second-order valence-electron chi connectivity index (χ2n) is 12.5. The Morgan fingerprint density at radius 2 is 2.05 bits per heavy atom. The van der Waals surface area contributed by atoms with Crippen LogP contribution in [0.4, 0.5) is 4.39 Å². The Hall–Kier alpha value is -2.57. The van der Waals surface area contributed by atoms with E-state index < -0.39 is 5.82 Å². The van der Waals surface area contributed by atoms with E-state index in [0.29, 0.717) is 32.0 Å². The molecule has 3 fully saturated rings. The zero-order valence-corrected chi connectivity index (χ0v) is 24.4. The number of aromatic nitrogens is 2. The number of H-pyrrole nitrogens is 1. The number of benzene rings is 1. The zero-order chi connectivity index (χ0) is 28.8. The van der Waals surface area contributed by atoms with Crippen LogP contribution in [0.5, 0.6) is 5.75 Å². The normalized spacial score (nSPS) is 30.8. The number of rotatable bonds is 6. The number of β-amino-alcohol motifs (C(OH)–C–C–N with tert-alkyl or cyclic N) is 1. The lowest BCUT2D eigenvalue weighted by molar-refractivity contribution is -0.141. The summed E-state index contributed by atoms with van der Waals surface area (Å²) in [5.41, 5.74) is 11.1. The number of amides is 1. The number of imidazole rings is 1. The van der Waals surface area contributed by atoms with Gasteiger partial charge in [-0.25, -0.2) is 14.8 Å². The van der Waals surface area contributed by atoms with Crippen molar-refractivity contribution in [2.75, 3.05) is 39.8 Å². The van der Waals surface area contributed by atoms with Crippen LogP contribution in [0.2, 0.25) is 0 Å². The Labute approximate surface area is 241 Å². The summed E-state index contributed by atoms with van der Waals surface area (Å²) >= 11 is 0. The number of likely N-dealkylation sites (N-methyl/N-ethyl adjacent to an activating group) is 1. The van der Waals surface area contributed by atoms with Crippen molar-refractivity contribution in [1.29, 1.82) is 0 Å². The van der Waals surface area contributed by atoms with E-state index in [0.717, 1.165) is 67.1 Å². The summed E-state index contributed by atoms with van der Waals surface area (Å²) in [5.74, 6) is 0.869. The molecule has 1 amide bonds. The first kappa shape index (κ1) is 28.5. The third-order valence-corrected chi connectivity index (χ3v) is 9.99. The Kier molecular flexibility index (Phi) is 8.08. The van der Waals surface area contributed by atoms with Crippen molar-refractivity contribution in [3.05, 3.63) is 46.3 Å². The van der Waals surface area contributed by atoms with Crippen LogP contribution in [-0.4, -0.2) is 98.7 Å². The van der Waals surface area contributed by atoms with Gasteiger partial charge in [0.15, 0.2) is 11.6 Å². The molecule has 1 aliphatic carbocycles. The van der Waals surface area contributed by atoms with E-state index in [1.807, 2.05) is 18.9 Å². The predicted molar refractivity (Wildman–Crippen MR) is 153 cm³/mol. The molecule has 11 heteroatoms. The number of hydrazine groups is 1. The largest absolute Gasteiger partial charge is 0.505 e. The molecule has 4 aliphatic rings. The maximum Gasteiger partial charge on any atom is 0.240 e. The zero-order valence-electron chi connectivity index (χ0n) is 24.4. The van der Waals surface area contributed by atoms with Gasteiger partial charge in [-0.3, -0.25) is 20.0 Å². The van der Waals surface area contributed by atoms with Gasteiger partial charge in [0.1, 0.15) is 5.82 Å². The maximum absolute atomic E-state index is 14.3. The number of carbonyl (C=O) groups excluding carboxylic acids is 1. The van der Waals surface area contributed by atoms with Crippen LogP contribution in [0, 0.1) is 11.7 Å². The standard InChI is InChI=1S/C30H44FN7O3/c1-4-18-12-27(40)22(31)13-21(18)19-5-6-20-23(11-19)34-35-28(20)29-32-24-14-26(36(3)16-25(24)33-29)30(41)38-8-7-37(9-10-39)15-17(38)2/h12-13,17,19-20,23,26,28,34-35,39-40H,4-11,14-16H2,1-3H3,(H,32,33)/t17-,19?,20?,23?,26+,28?/m1/s1. The Bertz CT molecular complexity index is 1270. The highest BCUT2D eigenvalue weighted by Gasteiger charge is 2.44. The summed E-state index contributed by atoms with van der Waals surface area (Å²) in [6, 6.07) is 3.28. The highest BCUT2D eigenvalue weighted by Crippen LogP contribution is 2.44. The van der Waals surface area contributed by atoms with E-state index in [-0.39, 0.29) is 48.3 Å². The minimum atomic E-state index is -0.545. The number of piperazine rings is 1. The van der Waals surface area contributed by atoms with Crippen LogP contribution in [0.15, 0.2) is 12.1 Å². The number of phenols is 1. The fourth-order valence-corrected chi connectivity index (χ4v) is 7.71. The molecule has 41 heavy (non-hydrogen) atoms. The fourth-order valence-electron chi connectivity index (χ4n) is 7.71. The number of aromatic hydroxyl groups is 1. The Morgan fingerprint density at radius 3 is 2.80 bits per heavy atom. The minimum absolute atomic E-state index is 0.0489. The molecule has 1 aromatic carbocycles. The SMILES string of the molecule is CCc1cc(O)c(F)cc1C1CCC2C(C1)NNC2c1nc2c([nH]1)CN(C)[C@H](C(=O)N1CCN(CCO)C[C@H]1C)C2. The number of aryl methyl sites for hydroxylation is 1. The van der Waals surface area contributed by atoms with Crippen molar-refractivity contribution in [3.63, 3.8) is 0 Å². The predicted octanol–water partition coefficient (Wildman–Crippen LogP) is 1.80. The fraction of sp³-hybridized carbons (Fsp3) is 0.667. The van der Waals surface area contributed by atoms with Gasteiger partial charge in [0.2, 0.25) is 5.91 Å². The molecule has 4 heterocycles. The van der Waals surface area contributed by atoms with E-state index in [9.17, 15) is 19.4 Å². The molecular formula is C30H44FN7O3. The van der Waals surface area contributed by atoms with Crippen LogP contribution >= 0.6 is 0 Å². The second kappa shape index (κ2) is 11.6. The number of fused-ring (bicyclic) bond motifs is 2. The number of hydrogen-bond donors (Lipinski definition) is 5. The van der Waals surface area contributed by atoms with Crippen LogP contribution in [-0.2, 0) is 24.2 Å². The molecule has 2 aromatic rings. The van der Waals surface area contributed by atoms with Crippen molar-refractivity contribution < 1.29 is 19.4 Å². The molecule has 2 saturated heterocycles. The van der Waals surface area contributed by atoms with Gasteiger partial charge in [-0.1, -0.05) is 6.92 Å². The molecule has 0 spiro atoms. The van der Waals surface area contributed by atoms with Crippen molar-refractivity contribution in [2.24, 2.45) is 5.92 Å². The number of nitrogens with zero attached hydrogens (tertiary/aromatic N) is 4. The molecule has 1 saturated carbocycles. The van der Waals surface area contributed by atoms with E-state index in [1.165, 1.54) is 6.07 Å². The molecular weight excluding hydrogens is 525 g/mol. The number of aliphatic hydroxyl groups is 1. The number of halogens is 1. The Balaban J connectivity index is 1.12. The summed E-state index contributed by atoms with van der Waals surface area (Å²) in [6.07, 6.45) is 4.19. The lowest BCUT2D eigenvalue weighted by Crippen LogP contribution is -2.59. The summed E-state index contributed by atoms with van der Waals surface area (Å²) < 4.78 is 14.3. The number of nitrogens with one attached hydrogen (secondary N) is 3. The van der Waals surface area contributed by atoms with Crippen molar-refractivity contribution in [2.45, 2.75) is 82.6 Å². The second-order valence-corrected chi connectivity index (χ2v) is 12.5. The lowest BCUT2D eigenvalue weighted by Gasteiger charge is -2.43. The minimum Gasteiger partial charge on any atom is -0.505 e. The van der Waals surface area contributed by atoms with E-state index in [2.05, 4.69) is 32.6 Å². The number of aromatic amines is 1. The van der Waals surface area contributed by atoms with Crippen molar-refractivity contribution >= 4 is 5.91 Å². The van der Waals surface area contributed by atoms with Crippen LogP contribution in [0.1, 0.15) is 73.4 Å². The lowest BCUT2D eigenvalue weighted by atomic mass is 9.73. The molecule has 3 aliphatic heterocycles. The van der Waals surface area contributed by atoms with Gasteiger partial charge in [-0.15, -0.1) is 0 Å². The quantitative estimate of drug-likeness (QED) is 0.357. The molecule has 0 radical (unpaired) electrons. The third-order valence-electron chi connectivity index (χ3n) is 9.99. The topological polar surface area (TPSA) is 120 Å². The first-order chi connectivity index (χ1) is 19.8. The van der Waals surface area contributed by atoms with Gasteiger partial charge in [-0.05, 0) is 74.8 Å². The number of aliphatic hydroxyl groups excluding tert-OH is 1. The third kappa shape index (κ3) is 5.38. The number of hydrogen-bond acceptors (Lipinski definition) is 8. The van der Waals surface area contributed by atoms with Crippen LogP contribution in [0.3, 0.4) is 0 Å². The summed E-state index contributed by atoms with van der Waals surface area (Å²) in [4.78, 5) is 28.6. The highest BCUT2D eigenvalue weighted by molar-refractivity contribution is 5.83. The average Bonchev–Trinajstić information content (AvgIpc) is 3.57. The van der Waals surface area contributed by atoms with E-state index in [4.69, 9.17) is 4.98 Å². The van der Waals surface area contributed by atoms with E-state index in [1.54, 1.807) is 6.07 Å². The first-order valence-electron chi connectivity index (χ1n) is 15.2. The molecule has 10 nitrogen and oxygen atoms in total. The van der Waals surface area contributed by atoms with Gasteiger partial charge in [-0.2, -0.15) is 0 Å². The van der Waals surface area contributed by atoms with Gasteiger partial charge in [0.25, 0.3) is 0 Å². The smallest absolute Gasteiger partial charge is 0.240 e. The molecule has 4 unspecified atom stereocenters. The molecule has 6 atom stereocenters. The summed E-state index contributed by atoms with van der Waals surface area (Å²) in [6.45, 7) is 7.83. The van der Waals surface area contributed by atoms with Gasteiger partial charge in [0.05, 0.1) is 30.1 Å². The molecule has 224 valence electrons. The van der Waals surface area contributed by atoms with E-state index >= 15 is 0 Å². The van der Waals surface area contributed by atoms with Crippen LogP contribution < -0.4 is 10.9 Å². The average molecular weight is 570 g/mol. The first-order valence-corrected chi connectivity index (χ1v) is 15.2. The summed E-state index contributed by atoms with van der Waals surface area (Å²) in [7, 11) is 2.02. The number of carbonyl (C=O) groups is 1. The highest BCUT2D eigenvalue weighted by atomic mass is 19.1. The molecule has 0 bridgehead atoms. The van der Waals surface area contributed by atoms with Crippen molar-refractivity contribution in [3.8, 4) is 5.75 Å². The molecule has 6 rings (SSSR count). The Morgan fingerprint density at radius 1 is 1.22 bits per heavy atom. The van der Waals surface area contributed by atoms with Crippen molar-refractivity contribution in [1.82, 2.24) is 35.5 Å². The molecule has 1 aromatic heterocycles. The van der Waals surface area contributed by atoms with Gasteiger partial charge in [0, 0.05) is 51.2 Å². The molecule has 5 N–H and O–H groups in total. The van der Waals surface area contributed by atoms with Crippen LogP contribution in [0.25, 0.3) is 0 Å².